The van der Waals surface area contributed by atoms with E-state index in [2.05, 4.69) is 20.3 Å². The molecule has 2 N–H and O–H groups in total. The average Bonchev–Trinajstić information content (AvgIpc) is 3.26. The first-order valence-corrected chi connectivity index (χ1v) is 11.4. The number of anilines is 1. The summed E-state index contributed by atoms with van der Waals surface area (Å²) in [6, 6.07) is 1.79. The summed E-state index contributed by atoms with van der Waals surface area (Å²) in [5, 5.41) is 4.46. The zero-order valence-corrected chi connectivity index (χ0v) is 17.3. The van der Waals surface area contributed by atoms with E-state index < -0.39 is 6.04 Å². The number of aromatic nitrogens is 3. The highest BCUT2D eigenvalue weighted by Gasteiger charge is 2.41. The number of H-pyrrole nitrogens is 1. The SMILES string of the molecule is O=C1[C@H](N2CCCC(NC3CCCCC3)C2=O)CCCN1c1ncnc2[nH]ccc12. The Morgan fingerprint density at radius 1 is 0.933 bits per heavy atom. The Balaban J connectivity index is 1.33. The average molecular weight is 411 g/mol. The van der Waals surface area contributed by atoms with E-state index in [1.54, 1.807) is 4.90 Å². The first-order valence-electron chi connectivity index (χ1n) is 11.4. The summed E-state index contributed by atoms with van der Waals surface area (Å²) in [4.78, 5) is 42.1. The zero-order valence-electron chi connectivity index (χ0n) is 17.3. The fourth-order valence-electron chi connectivity index (χ4n) is 5.35. The molecule has 1 aliphatic carbocycles. The van der Waals surface area contributed by atoms with Crippen molar-refractivity contribution in [3.05, 3.63) is 18.6 Å². The summed E-state index contributed by atoms with van der Waals surface area (Å²) < 4.78 is 0. The lowest BCUT2D eigenvalue weighted by molar-refractivity contribution is -0.144. The number of carbonyl (C=O) groups excluding carboxylic acids is 2. The predicted octanol–water partition coefficient (Wildman–Crippen LogP) is 2.37. The third-order valence-electron chi connectivity index (χ3n) is 6.89. The second-order valence-corrected chi connectivity index (χ2v) is 8.81. The number of piperidine rings is 2. The van der Waals surface area contributed by atoms with Crippen LogP contribution < -0.4 is 10.2 Å². The first kappa shape index (κ1) is 19.5. The Hall–Kier alpha value is -2.48. The van der Waals surface area contributed by atoms with E-state index in [9.17, 15) is 9.59 Å². The van der Waals surface area contributed by atoms with Gasteiger partial charge in [0.2, 0.25) is 5.91 Å². The van der Waals surface area contributed by atoms with Crippen LogP contribution in [0.2, 0.25) is 0 Å². The summed E-state index contributed by atoms with van der Waals surface area (Å²) in [6.07, 6.45) is 12.8. The highest BCUT2D eigenvalue weighted by atomic mass is 16.2. The molecule has 3 aliphatic rings. The van der Waals surface area contributed by atoms with Gasteiger partial charge in [-0.25, -0.2) is 9.97 Å². The number of hydrogen-bond donors (Lipinski definition) is 2. The second kappa shape index (κ2) is 8.34. The van der Waals surface area contributed by atoms with Gasteiger partial charge in [0.15, 0.2) is 0 Å². The maximum absolute atomic E-state index is 13.5. The highest BCUT2D eigenvalue weighted by molar-refractivity contribution is 6.04. The lowest BCUT2D eigenvalue weighted by atomic mass is 9.92. The Morgan fingerprint density at radius 3 is 2.63 bits per heavy atom. The van der Waals surface area contributed by atoms with Gasteiger partial charge in [0.05, 0.1) is 11.4 Å². The summed E-state index contributed by atoms with van der Waals surface area (Å²) >= 11 is 0. The van der Waals surface area contributed by atoms with Crippen LogP contribution in [0, 0.1) is 0 Å². The number of rotatable bonds is 4. The largest absolute Gasteiger partial charge is 0.346 e. The molecular weight excluding hydrogens is 380 g/mol. The normalized spacial score (nSPS) is 26.5. The van der Waals surface area contributed by atoms with Crippen molar-refractivity contribution in [3.8, 4) is 0 Å². The summed E-state index contributed by atoms with van der Waals surface area (Å²) in [5.41, 5.74) is 0.723. The molecule has 4 heterocycles. The Labute approximate surface area is 176 Å². The van der Waals surface area contributed by atoms with Crippen molar-refractivity contribution < 1.29 is 9.59 Å². The number of carbonyl (C=O) groups is 2. The standard InChI is InChI=1S/C22H30N6O2/c29-21-17(26-15-6-2-1-3-7-15)8-4-12-27(21)18-9-5-13-28(22(18)30)20-16-10-11-23-19(16)24-14-25-20/h10-11,14-15,17-18,26H,1-9,12-13H2,(H,23,24,25)/t17?,18-/m1/s1. The van der Waals surface area contributed by atoms with Crippen molar-refractivity contribution >= 4 is 28.7 Å². The maximum Gasteiger partial charge on any atom is 0.250 e. The van der Waals surface area contributed by atoms with Crippen molar-refractivity contribution in [1.29, 1.82) is 0 Å². The van der Waals surface area contributed by atoms with Gasteiger partial charge in [-0.2, -0.15) is 0 Å². The third-order valence-corrected chi connectivity index (χ3v) is 6.89. The molecule has 8 nitrogen and oxygen atoms in total. The number of likely N-dealkylation sites (tertiary alicyclic amines) is 1. The van der Waals surface area contributed by atoms with Crippen LogP contribution in [0.4, 0.5) is 5.82 Å². The van der Waals surface area contributed by atoms with Gasteiger partial charge in [-0.05, 0) is 44.6 Å². The number of aromatic amines is 1. The van der Waals surface area contributed by atoms with Gasteiger partial charge >= 0.3 is 0 Å². The van der Waals surface area contributed by atoms with Crippen LogP contribution in [-0.2, 0) is 9.59 Å². The van der Waals surface area contributed by atoms with Crippen molar-refractivity contribution in [2.45, 2.75) is 75.9 Å². The Morgan fingerprint density at radius 2 is 1.77 bits per heavy atom. The van der Waals surface area contributed by atoms with E-state index in [4.69, 9.17) is 0 Å². The van der Waals surface area contributed by atoms with Gasteiger partial charge in [-0.15, -0.1) is 0 Å². The van der Waals surface area contributed by atoms with Crippen molar-refractivity contribution in [3.63, 3.8) is 0 Å². The zero-order chi connectivity index (χ0) is 20.5. The van der Waals surface area contributed by atoms with Crippen LogP contribution in [0.1, 0.15) is 57.8 Å². The number of nitrogens with one attached hydrogen (secondary N) is 2. The van der Waals surface area contributed by atoms with E-state index >= 15 is 0 Å². The number of nitrogens with zero attached hydrogens (tertiary/aromatic N) is 4. The fraction of sp³-hybridized carbons (Fsp3) is 0.636. The molecule has 5 rings (SSSR count). The highest BCUT2D eigenvalue weighted by Crippen LogP contribution is 2.29. The molecule has 0 spiro atoms. The second-order valence-electron chi connectivity index (χ2n) is 8.81. The van der Waals surface area contributed by atoms with Crippen LogP contribution >= 0.6 is 0 Å². The molecular formula is C22H30N6O2. The van der Waals surface area contributed by atoms with Gasteiger partial charge in [0, 0.05) is 25.3 Å². The van der Waals surface area contributed by atoms with Crippen LogP contribution in [0.5, 0.6) is 0 Å². The molecule has 0 aromatic carbocycles. The molecule has 1 saturated carbocycles. The molecule has 1 unspecified atom stereocenters. The molecule has 2 amide bonds. The van der Waals surface area contributed by atoms with Gasteiger partial charge in [0.1, 0.15) is 23.8 Å². The molecule has 0 bridgehead atoms. The minimum atomic E-state index is -0.397. The van der Waals surface area contributed by atoms with Crippen molar-refractivity contribution in [2.75, 3.05) is 18.0 Å². The molecule has 30 heavy (non-hydrogen) atoms. The summed E-state index contributed by atoms with van der Waals surface area (Å²) in [6.45, 7) is 1.29. The lowest BCUT2D eigenvalue weighted by Crippen LogP contribution is -2.61. The first-order chi connectivity index (χ1) is 14.7. The summed E-state index contributed by atoms with van der Waals surface area (Å²) in [5.74, 6) is 0.716. The van der Waals surface area contributed by atoms with Crippen molar-refractivity contribution in [2.24, 2.45) is 0 Å². The molecule has 0 radical (unpaired) electrons. The molecule has 8 heteroatoms. The third kappa shape index (κ3) is 3.57. The number of fused-ring (bicyclic) bond motifs is 1. The van der Waals surface area contributed by atoms with E-state index in [0.717, 1.165) is 49.6 Å². The van der Waals surface area contributed by atoms with Gasteiger partial charge in [-0.3, -0.25) is 14.5 Å². The van der Waals surface area contributed by atoms with Crippen LogP contribution in [0.3, 0.4) is 0 Å². The topological polar surface area (TPSA) is 94.2 Å². The van der Waals surface area contributed by atoms with E-state index in [1.807, 2.05) is 17.2 Å². The molecule has 160 valence electrons. The Kier molecular flexibility index (Phi) is 5.41. The van der Waals surface area contributed by atoms with E-state index in [-0.39, 0.29) is 17.9 Å². The fourth-order valence-corrected chi connectivity index (χ4v) is 5.35. The van der Waals surface area contributed by atoms with Crippen molar-refractivity contribution in [1.82, 2.24) is 25.2 Å². The minimum absolute atomic E-state index is 0.0193. The molecule has 3 fully saturated rings. The lowest BCUT2D eigenvalue weighted by Gasteiger charge is -2.42. The van der Waals surface area contributed by atoms with Crippen LogP contribution in [0.15, 0.2) is 18.6 Å². The van der Waals surface area contributed by atoms with Gasteiger partial charge in [0.25, 0.3) is 5.91 Å². The van der Waals surface area contributed by atoms with Gasteiger partial charge < -0.3 is 15.2 Å². The molecule has 2 saturated heterocycles. The molecule has 2 aromatic heterocycles. The number of hydrogen-bond acceptors (Lipinski definition) is 5. The predicted molar refractivity (Wildman–Crippen MR) is 114 cm³/mol. The smallest absolute Gasteiger partial charge is 0.250 e. The van der Waals surface area contributed by atoms with Crippen LogP contribution in [0.25, 0.3) is 11.0 Å². The monoisotopic (exact) mass is 410 g/mol. The maximum atomic E-state index is 13.5. The van der Waals surface area contributed by atoms with E-state index in [0.29, 0.717) is 24.9 Å². The molecule has 2 aliphatic heterocycles. The Bertz CT molecular complexity index is 921. The van der Waals surface area contributed by atoms with Gasteiger partial charge in [-0.1, -0.05) is 19.3 Å². The molecule has 2 atom stereocenters. The van der Waals surface area contributed by atoms with Crippen LogP contribution in [-0.4, -0.2) is 62.9 Å². The van der Waals surface area contributed by atoms with E-state index in [1.165, 1.54) is 25.6 Å². The summed E-state index contributed by atoms with van der Waals surface area (Å²) in [7, 11) is 0. The molecule has 2 aromatic rings. The quantitative estimate of drug-likeness (QED) is 0.807. The number of amides is 2. The minimum Gasteiger partial charge on any atom is -0.346 e.